The number of hydrogen-bond donors (Lipinski definition) is 0. The Morgan fingerprint density at radius 1 is 1.22 bits per heavy atom. The van der Waals surface area contributed by atoms with Gasteiger partial charge in [-0.3, -0.25) is 9.36 Å². The molecule has 1 aromatic heterocycles. The molecule has 0 fully saturated rings. The predicted molar refractivity (Wildman–Crippen MR) is 95.5 cm³/mol. The van der Waals surface area contributed by atoms with Gasteiger partial charge in [-0.05, 0) is 29.7 Å². The van der Waals surface area contributed by atoms with Crippen LogP contribution in [0.2, 0.25) is 0 Å². The lowest BCUT2D eigenvalue weighted by Gasteiger charge is -2.19. The van der Waals surface area contributed by atoms with Gasteiger partial charge in [-0.2, -0.15) is 4.98 Å². The van der Waals surface area contributed by atoms with Gasteiger partial charge in [-0.15, -0.1) is 0 Å². The number of aromatic nitrogens is 2. The summed E-state index contributed by atoms with van der Waals surface area (Å²) in [6.45, 7) is 8.72. The van der Waals surface area contributed by atoms with E-state index in [1.807, 2.05) is 6.26 Å². The third kappa shape index (κ3) is 3.96. The number of thioether (sulfide) groups is 1. The summed E-state index contributed by atoms with van der Waals surface area (Å²) in [5.74, 6) is 0.414. The molecule has 1 heterocycles. The Balaban J connectivity index is 2.18. The topological polar surface area (TPSA) is 44.1 Å². The molecule has 0 atom stereocenters. The first-order valence-corrected chi connectivity index (χ1v) is 8.80. The zero-order valence-corrected chi connectivity index (χ0v) is 15.5. The fourth-order valence-electron chi connectivity index (χ4n) is 2.25. The van der Waals surface area contributed by atoms with E-state index in [1.165, 1.54) is 17.3 Å². The Labute approximate surface area is 141 Å². The van der Waals surface area contributed by atoms with Gasteiger partial charge < -0.3 is 4.74 Å². The van der Waals surface area contributed by atoms with Crippen molar-refractivity contribution >= 4 is 11.8 Å². The first kappa shape index (κ1) is 17.6. The molecule has 0 spiro atoms. The lowest BCUT2D eigenvalue weighted by Crippen LogP contribution is -2.23. The van der Waals surface area contributed by atoms with Crippen LogP contribution < -0.4 is 10.3 Å². The lowest BCUT2D eigenvalue weighted by atomic mass is 9.87. The summed E-state index contributed by atoms with van der Waals surface area (Å²) in [5, 5.41) is 0.652. The molecule has 124 valence electrons. The summed E-state index contributed by atoms with van der Waals surface area (Å²) in [5.41, 5.74) is 2.95. The van der Waals surface area contributed by atoms with Crippen LogP contribution in [-0.4, -0.2) is 15.8 Å². The molecule has 0 radical (unpaired) electrons. The quantitative estimate of drug-likeness (QED) is 0.633. The maximum Gasteiger partial charge on any atom is 0.260 e. The van der Waals surface area contributed by atoms with Crippen molar-refractivity contribution in [3.05, 3.63) is 51.3 Å². The van der Waals surface area contributed by atoms with Crippen LogP contribution in [0.15, 0.2) is 34.2 Å². The minimum atomic E-state index is -0.0672. The molecule has 0 aliphatic carbocycles. The Kier molecular flexibility index (Phi) is 5.19. The van der Waals surface area contributed by atoms with Crippen LogP contribution in [0.25, 0.3) is 0 Å². The summed E-state index contributed by atoms with van der Waals surface area (Å²) >= 11 is 1.43. The smallest absolute Gasteiger partial charge is 0.260 e. The van der Waals surface area contributed by atoms with Crippen molar-refractivity contribution in [2.75, 3.05) is 6.26 Å². The summed E-state index contributed by atoms with van der Waals surface area (Å²) in [6, 6.07) is 8.37. The van der Waals surface area contributed by atoms with Crippen molar-refractivity contribution < 1.29 is 4.74 Å². The van der Waals surface area contributed by atoms with Crippen LogP contribution in [0.4, 0.5) is 0 Å². The van der Waals surface area contributed by atoms with Gasteiger partial charge in [0.05, 0.1) is 5.56 Å². The minimum Gasteiger partial charge on any atom is -0.472 e. The molecule has 0 bridgehead atoms. The molecule has 2 rings (SSSR count). The average Bonchev–Trinajstić information content (AvgIpc) is 2.51. The molecule has 0 N–H and O–H groups in total. The molecular weight excluding hydrogens is 308 g/mol. The number of rotatable bonds is 4. The fraction of sp³-hybridized carbons (Fsp3) is 0.444. The predicted octanol–water partition coefficient (Wildman–Crippen LogP) is 3.69. The van der Waals surface area contributed by atoms with E-state index in [-0.39, 0.29) is 11.0 Å². The Morgan fingerprint density at radius 3 is 2.35 bits per heavy atom. The normalized spacial score (nSPS) is 11.6. The summed E-state index contributed by atoms with van der Waals surface area (Å²) in [4.78, 5) is 16.6. The molecule has 0 aliphatic heterocycles. The van der Waals surface area contributed by atoms with Crippen molar-refractivity contribution in [2.24, 2.45) is 7.05 Å². The van der Waals surface area contributed by atoms with Crippen LogP contribution >= 0.6 is 11.8 Å². The van der Waals surface area contributed by atoms with Crippen molar-refractivity contribution in [3.8, 4) is 5.88 Å². The zero-order chi connectivity index (χ0) is 17.2. The minimum absolute atomic E-state index is 0.0672. The van der Waals surface area contributed by atoms with E-state index in [2.05, 4.69) is 50.0 Å². The second-order valence-corrected chi connectivity index (χ2v) is 7.40. The molecule has 0 unspecified atom stereocenters. The monoisotopic (exact) mass is 332 g/mol. The van der Waals surface area contributed by atoms with E-state index in [1.54, 1.807) is 18.5 Å². The van der Waals surface area contributed by atoms with Gasteiger partial charge in [0.15, 0.2) is 5.16 Å². The van der Waals surface area contributed by atoms with Gasteiger partial charge in [0.1, 0.15) is 6.61 Å². The van der Waals surface area contributed by atoms with Crippen LogP contribution in [0.1, 0.15) is 37.5 Å². The maximum atomic E-state index is 12.2. The Bertz CT molecular complexity index is 743. The van der Waals surface area contributed by atoms with E-state index in [0.717, 1.165) is 5.56 Å². The zero-order valence-electron chi connectivity index (χ0n) is 14.6. The number of nitrogens with zero attached hydrogens (tertiary/aromatic N) is 2. The average molecular weight is 332 g/mol. The second kappa shape index (κ2) is 6.79. The van der Waals surface area contributed by atoms with Gasteiger partial charge in [0.2, 0.25) is 5.88 Å². The highest BCUT2D eigenvalue weighted by molar-refractivity contribution is 7.98. The second-order valence-electron chi connectivity index (χ2n) is 6.63. The Morgan fingerprint density at radius 2 is 1.83 bits per heavy atom. The van der Waals surface area contributed by atoms with Crippen LogP contribution in [0.5, 0.6) is 5.88 Å². The van der Waals surface area contributed by atoms with Gasteiger partial charge >= 0.3 is 0 Å². The van der Waals surface area contributed by atoms with Crippen molar-refractivity contribution in [1.29, 1.82) is 0 Å². The van der Waals surface area contributed by atoms with Crippen molar-refractivity contribution in [2.45, 2.75) is 44.9 Å². The summed E-state index contributed by atoms with van der Waals surface area (Å²) in [7, 11) is 1.73. The first-order valence-electron chi connectivity index (χ1n) is 7.58. The molecule has 2 aromatic rings. The van der Waals surface area contributed by atoms with E-state index in [0.29, 0.717) is 23.2 Å². The van der Waals surface area contributed by atoms with E-state index in [4.69, 9.17) is 4.74 Å². The van der Waals surface area contributed by atoms with Gasteiger partial charge in [-0.25, -0.2) is 0 Å². The third-order valence-corrected chi connectivity index (χ3v) is 4.54. The summed E-state index contributed by atoms with van der Waals surface area (Å²) < 4.78 is 7.34. The van der Waals surface area contributed by atoms with E-state index < -0.39 is 0 Å². The molecule has 0 saturated heterocycles. The van der Waals surface area contributed by atoms with Gasteiger partial charge in [0.25, 0.3) is 5.56 Å². The highest BCUT2D eigenvalue weighted by atomic mass is 32.2. The molecule has 4 nitrogen and oxygen atoms in total. The lowest BCUT2D eigenvalue weighted by molar-refractivity contribution is 0.285. The molecule has 0 saturated carbocycles. The van der Waals surface area contributed by atoms with Gasteiger partial charge in [-0.1, -0.05) is 56.8 Å². The molecule has 0 amide bonds. The van der Waals surface area contributed by atoms with Crippen LogP contribution in [0, 0.1) is 6.92 Å². The maximum absolute atomic E-state index is 12.2. The van der Waals surface area contributed by atoms with Crippen molar-refractivity contribution in [1.82, 2.24) is 9.55 Å². The largest absolute Gasteiger partial charge is 0.472 e. The SMILES string of the molecule is CSc1nc(OCc2ccc(C(C)(C)C)cc2)c(C)c(=O)n1C. The number of ether oxygens (including phenoxy) is 1. The molecule has 5 heteroatoms. The Hall–Kier alpha value is -1.75. The number of benzene rings is 1. The van der Waals surface area contributed by atoms with Gasteiger partial charge in [0, 0.05) is 7.05 Å². The van der Waals surface area contributed by atoms with Crippen molar-refractivity contribution in [3.63, 3.8) is 0 Å². The highest BCUT2D eigenvalue weighted by Gasteiger charge is 2.14. The van der Waals surface area contributed by atoms with E-state index >= 15 is 0 Å². The summed E-state index contributed by atoms with van der Waals surface area (Å²) in [6.07, 6.45) is 1.89. The molecule has 0 aliphatic rings. The highest BCUT2D eigenvalue weighted by Crippen LogP contribution is 2.23. The number of hydrogen-bond acceptors (Lipinski definition) is 4. The molecular formula is C18H24N2O2S. The standard InChI is InChI=1S/C18H24N2O2S/c1-12-15(19-17(23-6)20(5)16(12)21)22-11-13-7-9-14(10-8-13)18(2,3)4/h7-10H,11H2,1-6H3. The van der Waals surface area contributed by atoms with Crippen LogP contribution in [-0.2, 0) is 19.1 Å². The fourth-order valence-corrected chi connectivity index (χ4v) is 2.78. The first-order chi connectivity index (χ1) is 10.7. The van der Waals surface area contributed by atoms with Crippen LogP contribution in [0.3, 0.4) is 0 Å². The molecule has 1 aromatic carbocycles. The molecule has 23 heavy (non-hydrogen) atoms. The third-order valence-electron chi connectivity index (χ3n) is 3.81. The van der Waals surface area contributed by atoms with E-state index in [9.17, 15) is 4.79 Å².